The van der Waals surface area contributed by atoms with Crippen LogP contribution in [0.15, 0.2) is 9.52 Å². The Balaban J connectivity index is 1.68. The van der Waals surface area contributed by atoms with Crippen molar-refractivity contribution in [1.29, 1.82) is 0 Å². The Hall–Kier alpha value is -1.52. The van der Waals surface area contributed by atoms with E-state index in [1.54, 1.807) is 0 Å². The molecule has 0 bridgehead atoms. The summed E-state index contributed by atoms with van der Waals surface area (Å²) >= 11 is 0. The van der Waals surface area contributed by atoms with Crippen molar-refractivity contribution in [3.63, 3.8) is 0 Å². The van der Waals surface area contributed by atoms with Gasteiger partial charge in [-0.05, 0) is 32.1 Å². The van der Waals surface area contributed by atoms with Crippen molar-refractivity contribution in [2.45, 2.75) is 51.1 Å². The van der Waals surface area contributed by atoms with Crippen molar-refractivity contribution in [1.82, 2.24) is 10.1 Å². The van der Waals surface area contributed by atoms with Crippen LogP contribution in [0.1, 0.15) is 42.7 Å². The van der Waals surface area contributed by atoms with Gasteiger partial charge in [-0.1, -0.05) is 5.16 Å². The van der Waals surface area contributed by atoms with Gasteiger partial charge < -0.3 is 15.2 Å². The fraction of sp³-hybridized carbons (Fsp3) is 0.692. The minimum Gasteiger partial charge on any atom is -0.370 e. The Bertz CT molecular complexity index is 462. The summed E-state index contributed by atoms with van der Waals surface area (Å²) in [6.45, 7) is 0.543. The molecule has 0 aliphatic heterocycles. The second-order valence-electron chi connectivity index (χ2n) is 5.25. The molecule has 0 spiro atoms. The minimum absolute atomic E-state index is 0.543. The molecule has 5 nitrogen and oxygen atoms in total. The molecule has 2 aliphatic carbocycles. The topological polar surface area (TPSA) is 67.7 Å². The Kier molecular flexibility index (Phi) is 2.97. The van der Waals surface area contributed by atoms with E-state index in [4.69, 9.17) is 10.3 Å². The third kappa shape index (κ3) is 2.21. The lowest BCUT2D eigenvalue weighted by Gasteiger charge is -2.16. The highest BCUT2D eigenvalue weighted by Gasteiger charge is 2.27. The molecule has 0 atom stereocenters. The first-order valence-corrected chi connectivity index (χ1v) is 6.74. The van der Waals surface area contributed by atoms with E-state index in [2.05, 4.69) is 15.0 Å². The van der Waals surface area contributed by atoms with Gasteiger partial charge >= 0.3 is 0 Å². The van der Waals surface area contributed by atoms with Gasteiger partial charge in [0.05, 0.1) is 6.54 Å². The predicted molar refractivity (Wildman–Crippen MR) is 69.3 cm³/mol. The van der Waals surface area contributed by atoms with E-state index >= 15 is 0 Å². The van der Waals surface area contributed by atoms with E-state index < -0.39 is 0 Å². The zero-order chi connectivity index (χ0) is 12.5. The van der Waals surface area contributed by atoms with E-state index in [0.717, 1.165) is 24.3 Å². The van der Waals surface area contributed by atoms with Crippen LogP contribution < -0.4 is 5.73 Å². The molecule has 2 aliphatic rings. The lowest BCUT2D eigenvalue weighted by molar-refractivity contribution is 0.368. The molecule has 0 radical (unpaired) electrons. The lowest BCUT2D eigenvalue weighted by atomic mass is 9.96. The number of aromatic nitrogens is 1. The van der Waals surface area contributed by atoms with Gasteiger partial charge in [0.2, 0.25) is 0 Å². The zero-order valence-corrected chi connectivity index (χ0v) is 10.9. The summed E-state index contributed by atoms with van der Waals surface area (Å²) in [5, 5.41) is 4.13. The third-order valence-electron chi connectivity index (χ3n) is 3.88. The molecule has 1 aromatic rings. The predicted octanol–water partition coefficient (Wildman–Crippen LogP) is 1.46. The van der Waals surface area contributed by atoms with E-state index in [0.29, 0.717) is 18.5 Å². The highest BCUT2D eigenvalue weighted by atomic mass is 16.5. The molecule has 0 unspecified atom stereocenters. The van der Waals surface area contributed by atoms with Crippen LogP contribution in [0.25, 0.3) is 0 Å². The quantitative estimate of drug-likeness (QED) is 0.649. The number of aryl methyl sites for hydroxylation is 1. The maximum absolute atomic E-state index is 5.97. The Labute approximate surface area is 107 Å². The number of fused-ring (bicyclic) bond motifs is 1. The van der Waals surface area contributed by atoms with Crippen LogP contribution in [0.4, 0.5) is 0 Å². The number of guanidine groups is 1. The molecule has 1 saturated carbocycles. The molecule has 5 heteroatoms. The van der Waals surface area contributed by atoms with Crippen LogP contribution in [0.3, 0.4) is 0 Å². The van der Waals surface area contributed by atoms with E-state index in [1.165, 1.54) is 31.2 Å². The number of nitrogens with zero attached hydrogens (tertiary/aromatic N) is 3. The van der Waals surface area contributed by atoms with Gasteiger partial charge in [-0.15, -0.1) is 0 Å². The highest BCUT2D eigenvalue weighted by Crippen LogP contribution is 2.26. The van der Waals surface area contributed by atoms with Crippen molar-refractivity contribution < 1.29 is 4.52 Å². The molecule has 0 amide bonds. The average Bonchev–Trinajstić information content (AvgIpc) is 3.16. The summed E-state index contributed by atoms with van der Waals surface area (Å²) < 4.78 is 5.37. The van der Waals surface area contributed by atoms with Crippen LogP contribution >= 0.6 is 0 Å². The molecule has 98 valence electrons. The minimum atomic E-state index is 0.543. The first-order chi connectivity index (χ1) is 8.75. The summed E-state index contributed by atoms with van der Waals surface area (Å²) in [6, 6.07) is 0.597. The smallest absolute Gasteiger partial charge is 0.191 e. The van der Waals surface area contributed by atoms with Crippen LogP contribution in [-0.2, 0) is 19.4 Å². The maximum atomic E-state index is 5.97. The first-order valence-electron chi connectivity index (χ1n) is 6.74. The molecule has 1 fully saturated rings. The molecule has 0 saturated heterocycles. The second kappa shape index (κ2) is 4.63. The molecular weight excluding hydrogens is 228 g/mol. The van der Waals surface area contributed by atoms with Gasteiger partial charge in [-0.2, -0.15) is 0 Å². The van der Waals surface area contributed by atoms with E-state index in [9.17, 15) is 0 Å². The maximum Gasteiger partial charge on any atom is 0.191 e. The number of hydrogen-bond acceptors (Lipinski definition) is 3. The van der Waals surface area contributed by atoms with Crippen molar-refractivity contribution in [2.75, 3.05) is 7.05 Å². The largest absolute Gasteiger partial charge is 0.370 e. The fourth-order valence-corrected chi connectivity index (χ4v) is 2.49. The summed E-state index contributed by atoms with van der Waals surface area (Å²) in [5.74, 6) is 1.67. The number of nitrogens with two attached hydrogens (primary N) is 1. The van der Waals surface area contributed by atoms with Gasteiger partial charge in [0.25, 0.3) is 0 Å². The van der Waals surface area contributed by atoms with Crippen LogP contribution in [0.5, 0.6) is 0 Å². The van der Waals surface area contributed by atoms with E-state index in [-0.39, 0.29) is 0 Å². The molecule has 0 aromatic carbocycles. The van der Waals surface area contributed by atoms with Gasteiger partial charge in [0.1, 0.15) is 11.5 Å². The monoisotopic (exact) mass is 248 g/mol. The Morgan fingerprint density at radius 2 is 2.22 bits per heavy atom. The standard InChI is InChI=1S/C13H20N4O/c1-17(9-6-7-9)13(14)15-8-11-10-4-2-3-5-12(10)18-16-11/h9H,2-8H2,1H3,(H2,14,15). The van der Waals surface area contributed by atoms with E-state index in [1.807, 2.05) is 7.05 Å². The van der Waals surface area contributed by atoms with Crippen molar-refractivity contribution in [3.8, 4) is 0 Å². The summed E-state index contributed by atoms with van der Waals surface area (Å²) in [4.78, 5) is 6.50. The number of rotatable bonds is 3. The first kappa shape index (κ1) is 11.6. The summed E-state index contributed by atoms with van der Waals surface area (Å²) in [6.07, 6.45) is 6.98. The Morgan fingerprint density at radius 3 is 3.00 bits per heavy atom. The summed E-state index contributed by atoms with van der Waals surface area (Å²) in [7, 11) is 2.01. The average molecular weight is 248 g/mol. The molecule has 2 N–H and O–H groups in total. The van der Waals surface area contributed by atoms with Crippen molar-refractivity contribution in [2.24, 2.45) is 10.7 Å². The van der Waals surface area contributed by atoms with Crippen molar-refractivity contribution >= 4 is 5.96 Å². The molecule has 1 heterocycles. The molecular formula is C13H20N4O. The Morgan fingerprint density at radius 1 is 1.44 bits per heavy atom. The number of hydrogen-bond donors (Lipinski definition) is 1. The number of aliphatic imine (C=N–C) groups is 1. The fourth-order valence-electron chi connectivity index (χ4n) is 2.49. The molecule has 1 aromatic heterocycles. The normalized spacial score (nSPS) is 19.7. The van der Waals surface area contributed by atoms with Gasteiger partial charge in [-0.3, -0.25) is 0 Å². The summed E-state index contributed by atoms with van der Waals surface area (Å²) in [5.41, 5.74) is 8.21. The van der Waals surface area contributed by atoms with Gasteiger partial charge in [0, 0.05) is 25.1 Å². The van der Waals surface area contributed by atoms with Crippen LogP contribution in [0, 0.1) is 0 Å². The zero-order valence-electron chi connectivity index (χ0n) is 10.9. The SMILES string of the molecule is CN(C(N)=NCc1noc2c1CCCC2)C1CC1. The third-order valence-corrected chi connectivity index (χ3v) is 3.88. The highest BCUT2D eigenvalue weighted by molar-refractivity contribution is 5.78. The van der Waals surface area contributed by atoms with Gasteiger partial charge in [0.15, 0.2) is 5.96 Å². The molecule has 18 heavy (non-hydrogen) atoms. The van der Waals surface area contributed by atoms with Gasteiger partial charge in [-0.25, -0.2) is 4.99 Å². The van der Waals surface area contributed by atoms with Crippen molar-refractivity contribution in [3.05, 3.63) is 17.0 Å². The second-order valence-corrected chi connectivity index (χ2v) is 5.25. The van der Waals surface area contributed by atoms with Crippen LogP contribution in [0.2, 0.25) is 0 Å². The molecule has 3 rings (SSSR count). The lowest BCUT2D eigenvalue weighted by Crippen LogP contribution is -2.35. The van der Waals surface area contributed by atoms with Crippen LogP contribution in [-0.4, -0.2) is 29.1 Å².